The lowest BCUT2D eigenvalue weighted by Crippen LogP contribution is -2.51. The zero-order valence-electron chi connectivity index (χ0n) is 13.3. The maximum absolute atomic E-state index is 3.69. The monoisotopic (exact) mass is 255 g/mol. The average molecular weight is 255 g/mol. The quantitative estimate of drug-likeness (QED) is 0.785. The number of hydrogen-bond donors (Lipinski definition) is 1. The van der Waals surface area contributed by atoms with Crippen LogP contribution >= 0.6 is 0 Å². The Hall–Kier alpha value is -0.120. The molecule has 0 spiro atoms. The van der Waals surface area contributed by atoms with E-state index in [9.17, 15) is 0 Å². The molecule has 1 N–H and O–H groups in total. The van der Waals surface area contributed by atoms with Crippen LogP contribution in [0.2, 0.25) is 0 Å². The molecule has 1 aliphatic rings. The number of hydrogen-bond acceptors (Lipinski definition) is 3. The van der Waals surface area contributed by atoms with Crippen LogP contribution in [-0.4, -0.2) is 61.2 Å². The van der Waals surface area contributed by atoms with E-state index in [0.717, 1.165) is 12.6 Å². The third kappa shape index (κ3) is 4.87. The van der Waals surface area contributed by atoms with Crippen molar-refractivity contribution in [3.05, 3.63) is 0 Å². The van der Waals surface area contributed by atoms with Crippen LogP contribution in [0.1, 0.15) is 47.0 Å². The first-order chi connectivity index (χ1) is 8.35. The Balaban J connectivity index is 2.30. The molecule has 108 valence electrons. The summed E-state index contributed by atoms with van der Waals surface area (Å²) in [6.45, 7) is 12.8. The molecule has 0 aromatic carbocycles. The molecule has 1 heterocycles. The maximum atomic E-state index is 3.69. The topological polar surface area (TPSA) is 18.5 Å². The van der Waals surface area contributed by atoms with E-state index in [0.29, 0.717) is 6.04 Å². The largest absolute Gasteiger partial charge is 0.310 e. The van der Waals surface area contributed by atoms with Crippen molar-refractivity contribution in [3.8, 4) is 0 Å². The van der Waals surface area contributed by atoms with E-state index in [1.807, 2.05) is 0 Å². The zero-order chi connectivity index (χ0) is 13.8. The lowest BCUT2D eigenvalue weighted by molar-refractivity contribution is 0.110. The summed E-state index contributed by atoms with van der Waals surface area (Å²) in [6, 6.07) is 1.44. The van der Waals surface area contributed by atoms with Gasteiger partial charge in [-0.3, -0.25) is 4.90 Å². The summed E-state index contributed by atoms with van der Waals surface area (Å²) in [6.07, 6.45) is 3.81. The average Bonchev–Trinajstić information content (AvgIpc) is 2.36. The van der Waals surface area contributed by atoms with E-state index in [1.54, 1.807) is 0 Å². The Morgan fingerprint density at radius 2 is 1.83 bits per heavy atom. The van der Waals surface area contributed by atoms with Gasteiger partial charge in [-0.05, 0) is 67.2 Å². The van der Waals surface area contributed by atoms with Crippen LogP contribution in [0, 0.1) is 0 Å². The van der Waals surface area contributed by atoms with Gasteiger partial charge in [-0.15, -0.1) is 0 Å². The highest BCUT2D eigenvalue weighted by atomic mass is 15.2. The number of nitrogens with zero attached hydrogens (tertiary/aromatic N) is 2. The molecule has 0 amide bonds. The number of rotatable bonds is 6. The standard InChI is InChI=1S/C15H33N3/c1-7-15(3,4)16-12-13(2)18-10-8-14(9-11-18)17(5)6/h13-14,16H,7-12H2,1-6H3. The summed E-state index contributed by atoms with van der Waals surface area (Å²) in [4.78, 5) is 5.01. The van der Waals surface area contributed by atoms with Gasteiger partial charge in [0, 0.05) is 24.2 Å². The predicted octanol–water partition coefficient (Wildman–Crippen LogP) is 2.18. The summed E-state index contributed by atoms with van der Waals surface area (Å²) in [5.74, 6) is 0. The molecule has 1 saturated heterocycles. The van der Waals surface area contributed by atoms with E-state index < -0.39 is 0 Å². The van der Waals surface area contributed by atoms with Gasteiger partial charge in [0.1, 0.15) is 0 Å². The van der Waals surface area contributed by atoms with Crippen molar-refractivity contribution in [2.75, 3.05) is 33.7 Å². The molecule has 1 rings (SSSR count). The molecular formula is C15H33N3. The van der Waals surface area contributed by atoms with Gasteiger partial charge in [-0.2, -0.15) is 0 Å². The van der Waals surface area contributed by atoms with Crippen molar-refractivity contribution < 1.29 is 0 Å². The Morgan fingerprint density at radius 1 is 1.28 bits per heavy atom. The lowest BCUT2D eigenvalue weighted by atomic mass is 10.0. The molecule has 1 unspecified atom stereocenters. The van der Waals surface area contributed by atoms with Gasteiger partial charge >= 0.3 is 0 Å². The van der Waals surface area contributed by atoms with Crippen molar-refractivity contribution in [1.29, 1.82) is 0 Å². The van der Waals surface area contributed by atoms with Crippen LogP contribution in [0.4, 0.5) is 0 Å². The summed E-state index contributed by atoms with van der Waals surface area (Å²) in [5, 5.41) is 3.69. The summed E-state index contributed by atoms with van der Waals surface area (Å²) >= 11 is 0. The van der Waals surface area contributed by atoms with Gasteiger partial charge in [-0.1, -0.05) is 6.92 Å². The van der Waals surface area contributed by atoms with Crippen LogP contribution in [0.3, 0.4) is 0 Å². The number of nitrogens with one attached hydrogen (secondary N) is 1. The minimum Gasteiger partial charge on any atom is -0.310 e. The van der Waals surface area contributed by atoms with E-state index in [2.05, 4.69) is 56.9 Å². The van der Waals surface area contributed by atoms with Crippen LogP contribution in [0.25, 0.3) is 0 Å². The van der Waals surface area contributed by atoms with Crippen molar-refractivity contribution >= 4 is 0 Å². The molecule has 0 radical (unpaired) electrons. The molecule has 0 saturated carbocycles. The van der Waals surface area contributed by atoms with Crippen LogP contribution in [0.5, 0.6) is 0 Å². The van der Waals surface area contributed by atoms with E-state index >= 15 is 0 Å². The minimum atomic E-state index is 0.274. The first kappa shape index (κ1) is 15.9. The Bertz CT molecular complexity index is 230. The second-order valence-electron chi connectivity index (χ2n) is 6.70. The van der Waals surface area contributed by atoms with Crippen LogP contribution in [-0.2, 0) is 0 Å². The fourth-order valence-corrected chi connectivity index (χ4v) is 2.52. The summed E-state index contributed by atoms with van der Waals surface area (Å²) < 4.78 is 0. The van der Waals surface area contributed by atoms with E-state index in [4.69, 9.17) is 0 Å². The van der Waals surface area contributed by atoms with Gasteiger partial charge in [-0.25, -0.2) is 0 Å². The van der Waals surface area contributed by atoms with Gasteiger partial charge in [0.05, 0.1) is 0 Å². The first-order valence-electron chi connectivity index (χ1n) is 7.51. The smallest absolute Gasteiger partial charge is 0.0192 e. The molecule has 1 atom stereocenters. The fraction of sp³-hybridized carbons (Fsp3) is 1.00. The number of piperidine rings is 1. The second kappa shape index (κ2) is 6.88. The van der Waals surface area contributed by atoms with E-state index in [-0.39, 0.29) is 5.54 Å². The molecule has 1 fully saturated rings. The van der Waals surface area contributed by atoms with Crippen molar-refractivity contribution in [2.45, 2.75) is 64.6 Å². The molecular weight excluding hydrogens is 222 g/mol. The van der Waals surface area contributed by atoms with Crippen LogP contribution < -0.4 is 5.32 Å². The Kier molecular flexibility index (Phi) is 6.09. The first-order valence-corrected chi connectivity index (χ1v) is 7.51. The third-order valence-electron chi connectivity index (χ3n) is 4.61. The maximum Gasteiger partial charge on any atom is 0.0192 e. The molecule has 0 aliphatic carbocycles. The molecule has 0 aromatic rings. The molecule has 18 heavy (non-hydrogen) atoms. The van der Waals surface area contributed by atoms with Gasteiger partial charge < -0.3 is 10.2 Å². The fourth-order valence-electron chi connectivity index (χ4n) is 2.52. The van der Waals surface area contributed by atoms with Crippen LogP contribution in [0.15, 0.2) is 0 Å². The van der Waals surface area contributed by atoms with Crippen molar-refractivity contribution in [3.63, 3.8) is 0 Å². The second-order valence-corrected chi connectivity index (χ2v) is 6.70. The summed E-state index contributed by atoms with van der Waals surface area (Å²) in [5.41, 5.74) is 0.274. The molecule has 1 aliphatic heterocycles. The predicted molar refractivity (Wildman–Crippen MR) is 80.1 cm³/mol. The molecule has 0 bridgehead atoms. The normalized spacial score (nSPS) is 21.5. The molecule has 0 aromatic heterocycles. The lowest BCUT2D eigenvalue weighted by Gasteiger charge is -2.39. The molecule has 3 nitrogen and oxygen atoms in total. The van der Waals surface area contributed by atoms with Gasteiger partial charge in [0.15, 0.2) is 0 Å². The Labute approximate surface area is 114 Å². The summed E-state index contributed by atoms with van der Waals surface area (Å²) in [7, 11) is 4.41. The highest BCUT2D eigenvalue weighted by Crippen LogP contribution is 2.16. The van der Waals surface area contributed by atoms with Gasteiger partial charge in [0.2, 0.25) is 0 Å². The minimum absolute atomic E-state index is 0.274. The highest BCUT2D eigenvalue weighted by molar-refractivity contribution is 4.83. The highest BCUT2D eigenvalue weighted by Gasteiger charge is 2.24. The number of likely N-dealkylation sites (tertiary alicyclic amines) is 1. The third-order valence-corrected chi connectivity index (χ3v) is 4.61. The van der Waals surface area contributed by atoms with Crippen molar-refractivity contribution in [2.24, 2.45) is 0 Å². The SMILES string of the molecule is CCC(C)(C)NCC(C)N1CCC(N(C)C)CC1. The Morgan fingerprint density at radius 3 is 2.28 bits per heavy atom. The zero-order valence-corrected chi connectivity index (χ0v) is 13.3. The molecule has 3 heteroatoms. The van der Waals surface area contributed by atoms with Gasteiger partial charge in [0.25, 0.3) is 0 Å². The van der Waals surface area contributed by atoms with E-state index in [1.165, 1.54) is 32.4 Å². The van der Waals surface area contributed by atoms with Crippen molar-refractivity contribution in [1.82, 2.24) is 15.1 Å².